The molecule has 0 atom stereocenters. The Morgan fingerprint density at radius 1 is 1.04 bits per heavy atom. The van der Waals surface area contributed by atoms with Crippen molar-refractivity contribution in [2.24, 2.45) is 0 Å². The van der Waals surface area contributed by atoms with E-state index in [1.165, 1.54) is 6.08 Å². The van der Waals surface area contributed by atoms with Crippen LogP contribution in [0.1, 0.15) is 16.7 Å². The van der Waals surface area contributed by atoms with Gasteiger partial charge in [-0.1, -0.05) is 29.8 Å². The molecule has 2 aromatic rings. The predicted octanol–water partition coefficient (Wildman–Crippen LogP) is 3.35. The van der Waals surface area contributed by atoms with Crippen LogP contribution in [0.25, 0.3) is 6.08 Å². The van der Waals surface area contributed by atoms with E-state index in [1.54, 1.807) is 39.5 Å². The van der Waals surface area contributed by atoms with Gasteiger partial charge < -0.3 is 19.5 Å². The van der Waals surface area contributed by atoms with Gasteiger partial charge in [0.05, 0.1) is 33.4 Å². The average Bonchev–Trinajstić information content (AvgIpc) is 2.63. The van der Waals surface area contributed by atoms with Crippen LogP contribution in [0.3, 0.4) is 0 Å². The van der Waals surface area contributed by atoms with E-state index in [4.69, 9.17) is 14.2 Å². The Kier molecular flexibility index (Phi) is 6.46. The van der Waals surface area contributed by atoms with E-state index in [0.29, 0.717) is 17.2 Å². The third-order valence-corrected chi connectivity index (χ3v) is 3.73. The van der Waals surface area contributed by atoms with Gasteiger partial charge in [-0.3, -0.25) is 4.79 Å². The molecular formula is C20H23NO4. The van der Waals surface area contributed by atoms with Crippen LogP contribution in [0.5, 0.6) is 17.2 Å². The summed E-state index contributed by atoms with van der Waals surface area (Å²) in [5.74, 6) is 1.63. The first-order valence-corrected chi connectivity index (χ1v) is 7.89. The van der Waals surface area contributed by atoms with Crippen molar-refractivity contribution in [1.29, 1.82) is 0 Å². The first-order valence-electron chi connectivity index (χ1n) is 7.89. The minimum atomic E-state index is -0.193. The Morgan fingerprint density at radius 3 is 2.28 bits per heavy atom. The number of amides is 1. The molecule has 5 heteroatoms. The number of aryl methyl sites for hydroxylation is 1. The molecule has 5 nitrogen and oxygen atoms in total. The molecule has 2 rings (SSSR count). The normalized spacial score (nSPS) is 10.6. The van der Waals surface area contributed by atoms with Gasteiger partial charge in [0.25, 0.3) is 0 Å². The monoisotopic (exact) mass is 341 g/mol. The molecule has 2 aromatic carbocycles. The second kappa shape index (κ2) is 8.78. The van der Waals surface area contributed by atoms with Gasteiger partial charge in [0.2, 0.25) is 5.91 Å². The highest BCUT2D eigenvalue weighted by molar-refractivity contribution is 5.91. The van der Waals surface area contributed by atoms with Gasteiger partial charge in [-0.2, -0.15) is 0 Å². The van der Waals surface area contributed by atoms with Crippen LogP contribution in [0.15, 0.2) is 42.5 Å². The third-order valence-electron chi connectivity index (χ3n) is 3.73. The lowest BCUT2D eigenvalue weighted by molar-refractivity contribution is -0.116. The number of hydrogen-bond donors (Lipinski definition) is 1. The number of methoxy groups -OCH3 is 3. The molecule has 0 fully saturated rings. The van der Waals surface area contributed by atoms with Crippen molar-refractivity contribution >= 4 is 12.0 Å². The highest BCUT2D eigenvalue weighted by Gasteiger charge is 2.13. The molecule has 0 aliphatic carbocycles. The fourth-order valence-corrected chi connectivity index (χ4v) is 2.43. The summed E-state index contributed by atoms with van der Waals surface area (Å²) in [5, 5.41) is 2.84. The number of hydrogen-bond acceptors (Lipinski definition) is 4. The van der Waals surface area contributed by atoms with Crippen LogP contribution in [0, 0.1) is 6.92 Å². The van der Waals surface area contributed by atoms with Crippen molar-refractivity contribution < 1.29 is 19.0 Å². The van der Waals surface area contributed by atoms with E-state index in [1.807, 2.05) is 31.2 Å². The first-order chi connectivity index (χ1) is 12.1. The van der Waals surface area contributed by atoms with Gasteiger partial charge in [0.1, 0.15) is 17.2 Å². The molecule has 1 amide bonds. The Hall–Kier alpha value is -2.95. The molecule has 0 bridgehead atoms. The summed E-state index contributed by atoms with van der Waals surface area (Å²) in [6, 6.07) is 11.4. The Bertz CT molecular complexity index is 743. The highest BCUT2D eigenvalue weighted by Crippen LogP contribution is 2.33. The van der Waals surface area contributed by atoms with Gasteiger partial charge >= 0.3 is 0 Å². The standard InChI is InChI=1S/C20H23NO4/c1-14-6-5-7-15(10-14)8-9-20(22)21-13-17-18(24-3)11-16(23-2)12-19(17)25-4/h5-12H,13H2,1-4H3,(H,21,22). The molecule has 0 aliphatic rings. The van der Waals surface area contributed by atoms with Crippen molar-refractivity contribution in [3.05, 3.63) is 59.2 Å². The smallest absolute Gasteiger partial charge is 0.244 e. The Labute approximate surface area is 148 Å². The molecule has 0 saturated carbocycles. The molecule has 0 aliphatic heterocycles. The van der Waals surface area contributed by atoms with Gasteiger partial charge in [0, 0.05) is 18.2 Å². The zero-order valence-corrected chi connectivity index (χ0v) is 15.0. The number of carbonyl (C=O) groups is 1. The molecule has 0 heterocycles. The van der Waals surface area contributed by atoms with E-state index >= 15 is 0 Å². The first kappa shape index (κ1) is 18.4. The summed E-state index contributed by atoms with van der Waals surface area (Å²) in [4.78, 5) is 12.1. The second-order valence-electron chi connectivity index (χ2n) is 5.48. The second-order valence-corrected chi connectivity index (χ2v) is 5.48. The molecule has 0 spiro atoms. The number of ether oxygens (including phenoxy) is 3. The molecule has 0 radical (unpaired) electrons. The third kappa shape index (κ3) is 5.01. The minimum absolute atomic E-state index is 0.193. The maximum absolute atomic E-state index is 12.1. The molecule has 1 N–H and O–H groups in total. The van der Waals surface area contributed by atoms with Crippen LogP contribution >= 0.6 is 0 Å². The summed E-state index contributed by atoms with van der Waals surface area (Å²) >= 11 is 0. The van der Waals surface area contributed by atoms with E-state index < -0.39 is 0 Å². The van der Waals surface area contributed by atoms with E-state index in [0.717, 1.165) is 16.7 Å². The van der Waals surface area contributed by atoms with Crippen LogP contribution in [0.2, 0.25) is 0 Å². The molecule has 132 valence electrons. The maximum Gasteiger partial charge on any atom is 0.244 e. The van der Waals surface area contributed by atoms with Gasteiger partial charge in [0.15, 0.2) is 0 Å². The lowest BCUT2D eigenvalue weighted by Crippen LogP contribution is -2.21. The topological polar surface area (TPSA) is 56.8 Å². The number of rotatable bonds is 7. The van der Waals surface area contributed by atoms with Crippen LogP contribution in [-0.4, -0.2) is 27.2 Å². The fourth-order valence-electron chi connectivity index (χ4n) is 2.43. The number of carbonyl (C=O) groups excluding carboxylic acids is 1. The number of benzene rings is 2. The maximum atomic E-state index is 12.1. The Morgan fingerprint density at radius 2 is 1.72 bits per heavy atom. The quantitative estimate of drug-likeness (QED) is 0.785. The number of nitrogens with one attached hydrogen (secondary N) is 1. The molecule has 0 saturated heterocycles. The van der Waals surface area contributed by atoms with Crippen LogP contribution < -0.4 is 19.5 Å². The van der Waals surface area contributed by atoms with Crippen molar-refractivity contribution in [3.8, 4) is 17.2 Å². The lowest BCUT2D eigenvalue weighted by atomic mass is 10.1. The minimum Gasteiger partial charge on any atom is -0.496 e. The van der Waals surface area contributed by atoms with E-state index in [-0.39, 0.29) is 12.5 Å². The average molecular weight is 341 g/mol. The van der Waals surface area contributed by atoms with E-state index in [2.05, 4.69) is 5.32 Å². The van der Waals surface area contributed by atoms with Crippen molar-refractivity contribution in [2.75, 3.05) is 21.3 Å². The van der Waals surface area contributed by atoms with Crippen LogP contribution in [0.4, 0.5) is 0 Å². The fraction of sp³-hybridized carbons (Fsp3) is 0.250. The SMILES string of the molecule is COc1cc(OC)c(CNC(=O)C=Cc2cccc(C)c2)c(OC)c1. The summed E-state index contributed by atoms with van der Waals surface area (Å²) in [7, 11) is 4.71. The lowest BCUT2D eigenvalue weighted by Gasteiger charge is -2.15. The van der Waals surface area contributed by atoms with Gasteiger partial charge in [-0.05, 0) is 18.6 Å². The largest absolute Gasteiger partial charge is 0.496 e. The van der Waals surface area contributed by atoms with Crippen molar-refractivity contribution in [2.45, 2.75) is 13.5 Å². The van der Waals surface area contributed by atoms with Crippen LogP contribution in [-0.2, 0) is 11.3 Å². The van der Waals surface area contributed by atoms with Crippen molar-refractivity contribution in [1.82, 2.24) is 5.32 Å². The molecule has 25 heavy (non-hydrogen) atoms. The zero-order chi connectivity index (χ0) is 18.2. The Balaban J connectivity index is 2.08. The summed E-state index contributed by atoms with van der Waals surface area (Å²) < 4.78 is 16.0. The summed E-state index contributed by atoms with van der Waals surface area (Å²) in [5.41, 5.74) is 2.88. The highest BCUT2D eigenvalue weighted by atomic mass is 16.5. The van der Waals surface area contributed by atoms with E-state index in [9.17, 15) is 4.79 Å². The zero-order valence-electron chi connectivity index (χ0n) is 15.0. The van der Waals surface area contributed by atoms with Gasteiger partial charge in [-0.15, -0.1) is 0 Å². The molecule has 0 aromatic heterocycles. The summed E-state index contributed by atoms with van der Waals surface area (Å²) in [6.07, 6.45) is 3.29. The molecular weight excluding hydrogens is 318 g/mol. The van der Waals surface area contributed by atoms with Gasteiger partial charge in [-0.25, -0.2) is 0 Å². The molecule has 0 unspecified atom stereocenters. The predicted molar refractivity (Wildman–Crippen MR) is 98.2 cm³/mol. The summed E-state index contributed by atoms with van der Waals surface area (Å²) in [6.45, 7) is 2.30. The van der Waals surface area contributed by atoms with Crippen molar-refractivity contribution in [3.63, 3.8) is 0 Å².